The number of imidazole rings is 1. The van der Waals surface area contributed by atoms with Crippen molar-refractivity contribution in [3.63, 3.8) is 0 Å². The fourth-order valence-electron chi connectivity index (χ4n) is 6.09. The summed E-state index contributed by atoms with van der Waals surface area (Å²) in [4.78, 5) is 38.2. The number of anilines is 1. The van der Waals surface area contributed by atoms with E-state index < -0.39 is 11.8 Å². The monoisotopic (exact) mass is 523 g/mol. The van der Waals surface area contributed by atoms with Crippen LogP contribution in [-0.2, 0) is 0 Å². The van der Waals surface area contributed by atoms with Crippen molar-refractivity contribution in [3.05, 3.63) is 82.4 Å². The number of hydrogen-bond donors (Lipinski definition) is 4. The number of rotatable bonds is 5. The van der Waals surface area contributed by atoms with Crippen molar-refractivity contribution in [2.24, 2.45) is 5.92 Å². The van der Waals surface area contributed by atoms with Gasteiger partial charge in [0.25, 0.3) is 5.56 Å². The van der Waals surface area contributed by atoms with Crippen molar-refractivity contribution in [2.75, 3.05) is 25.0 Å². The van der Waals surface area contributed by atoms with Crippen molar-refractivity contribution in [2.45, 2.75) is 18.9 Å². The number of carboxylic acid groups (broad SMARTS) is 1. The Hall–Kier alpha value is -4.50. The Morgan fingerprint density at radius 1 is 1.03 bits per heavy atom. The Balaban J connectivity index is 1.44. The Kier molecular flexibility index (Phi) is 5.48. The molecule has 5 heterocycles. The van der Waals surface area contributed by atoms with E-state index in [4.69, 9.17) is 4.98 Å². The van der Waals surface area contributed by atoms with Crippen LogP contribution in [0, 0.1) is 11.7 Å². The van der Waals surface area contributed by atoms with Crippen LogP contribution in [0.3, 0.4) is 0 Å². The Bertz CT molecular complexity index is 1770. The van der Waals surface area contributed by atoms with Crippen molar-refractivity contribution in [3.8, 4) is 22.5 Å². The molecule has 3 aromatic carbocycles. The number of H-pyrrole nitrogens is 2. The van der Waals surface area contributed by atoms with Gasteiger partial charge in [0.1, 0.15) is 17.2 Å². The number of aromatic amines is 2. The van der Waals surface area contributed by atoms with Crippen molar-refractivity contribution in [1.29, 1.82) is 0 Å². The number of fused-ring (bicyclic) bond motifs is 5. The summed E-state index contributed by atoms with van der Waals surface area (Å²) in [5.74, 6) is -0.625. The molecular weight excluding hydrogens is 497 g/mol. The van der Waals surface area contributed by atoms with Gasteiger partial charge in [-0.15, -0.1) is 0 Å². The number of carbonyl (C=O) groups is 1. The van der Waals surface area contributed by atoms with Crippen LogP contribution in [0.1, 0.15) is 23.2 Å². The summed E-state index contributed by atoms with van der Waals surface area (Å²) in [6, 6.07) is 16.9. The van der Waals surface area contributed by atoms with Crippen molar-refractivity contribution >= 4 is 33.6 Å². The van der Waals surface area contributed by atoms with Crippen LogP contribution >= 0.6 is 0 Å². The molecule has 196 valence electrons. The van der Waals surface area contributed by atoms with E-state index in [1.54, 1.807) is 18.2 Å². The molecule has 9 heteroatoms. The molecule has 2 bridgehead atoms. The average Bonchev–Trinajstić information content (AvgIpc) is 3.37. The Morgan fingerprint density at radius 3 is 2.49 bits per heavy atom. The SMILES string of the molecule is O=C(O)c1ccc(-c2cc3c(N[C@@H]4CN5CCC4CC5)c(-c4nc5ccccc5[nH]4)c(=O)[nH]c3cc2F)cc1. The second kappa shape index (κ2) is 9.06. The van der Waals surface area contributed by atoms with E-state index in [1.165, 1.54) is 18.2 Å². The lowest BCUT2D eigenvalue weighted by Crippen LogP contribution is -2.53. The van der Waals surface area contributed by atoms with Gasteiger partial charge in [0.05, 0.1) is 27.8 Å². The summed E-state index contributed by atoms with van der Waals surface area (Å²) in [7, 11) is 0. The normalized spacial score (nSPS) is 20.5. The van der Waals surface area contributed by atoms with Gasteiger partial charge in [-0.25, -0.2) is 14.2 Å². The molecule has 0 amide bonds. The molecule has 8 rings (SSSR count). The van der Waals surface area contributed by atoms with E-state index in [-0.39, 0.29) is 17.2 Å². The first-order valence-electron chi connectivity index (χ1n) is 13.1. The maximum atomic E-state index is 15.4. The third-order valence-corrected chi connectivity index (χ3v) is 8.16. The van der Waals surface area contributed by atoms with Crippen LogP contribution in [0.2, 0.25) is 0 Å². The number of nitrogens with one attached hydrogen (secondary N) is 3. The lowest BCUT2D eigenvalue weighted by atomic mass is 9.83. The number of aromatic carboxylic acids is 1. The van der Waals surface area contributed by atoms with E-state index in [9.17, 15) is 14.7 Å². The van der Waals surface area contributed by atoms with Gasteiger partial charge in [-0.2, -0.15) is 0 Å². The summed E-state index contributed by atoms with van der Waals surface area (Å²) in [6.45, 7) is 3.04. The standard InChI is InChI=1S/C30H26FN5O3/c31-21-14-24-20(13-19(21)16-5-7-18(8-6-16)30(38)39)27(32-25-15-36-11-9-17(25)10-12-36)26(29(37)35-24)28-33-22-3-1-2-4-23(22)34-28/h1-8,13-14,17,25H,9-12,15H2,(H,33,34)(H,38,39)(H2,32,35,37)/t25-/m1/s1. The molecule has 39 heavy (non-hydrogen) atoms. The molecule has 4 N–H and O–H groups in total. The summed E-state index contributed by atoms with van der Waals surface area (Å²) in [6.07, 6.45) is 2.18. The van der Waals surface area contributed by atoms with Gasteiger partial charge in [0.15, 0.2) is 0 Å². The van der Waals surface area contributed by atoms with Crippen molar-refractivity contribution < 1.29 is 14.3 Å². The predicted molar refractivity (Wildman–Crippen MR) is 149 cm³/mol. The molecule has 0 radical (unpaired) electrons. The van der Waals surface area contributed by atoms with E-state index in [0.29, 0.717) is 45.0 Å². The number of hydrogen-bond acceptors (Lipinski definition) is 5. The smallest absolute Gasteiger partial charge is 0.335 e. The highest BCUT2D eigenvalue weighted by Crippen LogP contribution is 2.38. The molecule has 3 aliphatic heterocycles. The quantitative estimate of drug-likeness (QED) is 0.255. The highest BCUT2D eigenvalue weighted by molar-refractivity contribution is 6.01. The second-order valence-electron chi connectivity index (χ2n) is 10.5. The third-order valence-electron chi connectivity index (χ3n) is 8.16. The number of halogens is 1. The van der Waals surface area contributed by atoms with E-state index in [1.807, 2.05) is 24.3 Å². The maximum Gasteiger partial charge on any atom is 0.335 e. The van der Waals surface area contributed by atoms with Crippen LogP contribution in [0.25, 0.3) is 44.5 Å². The summed E-state index contributed by atoms with van der Waals surface area (Å²) in [5.41, 5.74) is 3.59. The van der Waals surface area contributed by atoms with Crippen LogP contribution in [0.15, 0.2) is 65.5 Å². The van der Waals surface area contributed by atoms with Gasteiger partial charge in [0.2, 0.25) is 0 Å². The molecule has 1 atom stereocenters. The molecule has 5 aromatic rings. The van der Waals surface area contributed by atoms with E-state index in [0.717, 1.165) is 43.5 Å². The minimum absolute atomic E-state index is 0.126. The minimum Gasteiger partial charge on any atom is -0.478 e. The average molecular weight is 524 g/mol. The predicted octanol–water partition coefficient (Wildman–Crippen LogP) is 5.08. The molecule has 0 saturated carbocycles. The fourth-order valence-corrected chi connectivity index (χ4v) is 6.09. The number of para-hydroxylation sites is 2. The Labute approximate surface area is 222 Å². The number of pyridine rings is 1. The maximum absolute atomic E-state index is 15.4. The first-order chi connectivity index (χ1) is 18.9. The molecule has 3 aliphatic rings. The number of carboxylic acids is 1. The molecule has 0 aliphatic carbocycles. The van der Waals surface area contributed by atoms with Gasteiger partial charge in [-0.05, 0) is 73.8 Å². The highest BCUT2D eigenvalue weighted by atomic mass is 19.1. The van der Waals surface area contributed by atoms with Crippen LogP contribution in [0.5, 0.6) is 0 Å². The summed E-state index contributed by atoms with van der Waals surface area (Å²) >= 11 is 0. The molecule has 2 aromatic heterocycles. The van der Waals surface area contributed by atoms with E-state index >= 15 is 4.39 Å². The van der Waals surface area contributed by atoms with Gasteiger partial charge >= 0.3 is 5.97 Å². The van der Waals surface area contributed by atoms with E-state index in [2.05, 4.69) is 20.2 Å². The lowest BCUT2D eigenvalue weighted by molar-refractivity contribution is 0.0697. The Morgan fingerprint density at radius 2 is 1.79 bits per heavy atom. The van der Waals surface area contributed by atoms with Crippen LogP contribution in [-0.4, -0.2) is 56.6 Å². The number of benzene rings is 3. The molecule has 3 fully saturated rings. The zero-order valence-electron chi connectivity index (χ0n) is 21.0. The van der Waals surface area contributed by atoms with Gasteiger partial charge in [-0.1, -0.05) is 24.3 Å². The van der Waals surface area contributed by atoms with Crippen LogP contribution in [0.4, 0.5) is 10.1 Å². The van der Waals surface area contributed by atoms with Crippen molar-refractivity contribution in [1.82, 2.24) is 19.9 Å². The highest BCUT2D eigenvalue weighted by Gasteiger charge is 2.35. The van der Waals surface area contributed by atoms with Gasteiger partial charge in [0, 0.05) is 23.5 Å². The van der Waals surface area contributed by atoms with Gasteiger partial charge in [-0.3, -0.25) is 4.79 Å². The molecule has 0 spiro atoms. The zero-order chi connectivity index (χ0) is 26.7. The third kappa shape index (κ3) is 4.06. The second-order valence-corrected chi connectivity index (χ2v) is 10.5. The zero-order valence-corrected chi connectivity index (χ0v) is 21.0. The fraction of sp³-hybridized carbons (Fsp3) is 0.233. The number of aromatic nitrogens is 3. The largest absolute Gasteiger partial charge is 0.478 e. The first-order valence-corrected chi connectivity index (χ1v) is 13.1. The first kappa shape index (κ1) is 23.6. The molecule has 3 saturated heterocycles. The van der Waals surface area contributed by atoms with Gasteiger partial charge < -0.3 is 25.3 Å². The number of nitrogens with zero attached hydrogens (tertiary/aromatic N) is 2. The summed E-state index contributed by atoms with van der Waals surface area (Å²) in [5, 5.41) is 13.6. The van der Waals surface area contributed by atoms with Crippen LogP contribution < -0.4 is 10.9 Å². The molecule has 8 nitrogen and oxygen atoms in total. The topological polar surface area (TPSA) is 114 Å². The molecular formula is C30H26FN5O3. The molecule has 0 unspecified atom stereocenters. The minimum atomic E-state index is -1.04. The lowest BCUT2D eigenvalue weighted by Gasteiger charge is -2.45. The number of piperidine rings is 3. The summed E-state index contributed by atoms with van der Waals surface area (Å²) < 4.78 is 15.4.